The second kappa shape index (κ2) is 10.4. The molecule has 0 aromatic heterocycles. The fourth-order valence-electron chi connectivity index (χ4n) is 2.43. The Morgan fingerprint density at radius 2 is 1.67 bits per heavy atom. The third-order valence-corrected chi connectivity index (χ3v) is 3.94. The lowest BCUT2D eigenvalue weighted by molar-refractivity contribution is -0.147. The first-order valence-corrected chi connectivity index (χ1v) is 8.35. The average molecular weight is 388 g/mol. The molecule has 1 aliphatic heterocycles. The molecule has 3 amide bonds. The number of hydrogen-bond donors (Lipinski definition) is 7. The zero-order valence-corrected chi connectivity index (χ0v) is 14.7. The van der Waals surface area contributed by atoms with Gasteiger partial charge in [0.25, 0.3) is 0 Å². The molecule has 0 spiro atoms. The van der Waals surface area contributed by atoms with Crippen LogP contribution in [-0.4, -0.2) is 82.3 Å². The molecule has 0 radical (unpaired) electrons. The van der Waals surface area contributed by atoms with Gasteiger partial charge in [-0.05, 0) is 26.3 Å². The highest BCUT2D eigenvalue weighted by atomic mass is 16.4. The van der Waals surface area contributed by atoms with Gasteiger partial charge in [0, 0.05) is 0 Å². The standard InChI is InChI=1S/C15H24N4O8/c1-7(17-13(24)8-3-2-4-16-8)12(23)19-10(6-20)14(25)18-9(15(26)27)5-11(21)22/h7-10,16,20H,2-6H2,1H3,(H,17,24)(H,18,25)(H,19,23)(H,21,22)(H,26,27). The third kappa shape index (κ3) is 7.19. The summed E-state index contributed by atoms with van der Waals surface area (Å²) in [5, 5.41) is 36.4. The zero-order chi connectivity index (χ0) is 20.6. The molecule has 1 saturated heterocycles. The minimum absolute atomic E-state index is 0.368. The first-order valence-electron chi connectivity index (χ1n) is 8.35. The van der Waals surface area contributed by atoms with Crippen molar-refractivity contribution in [2.45, 2.75) is 50.4 Å². The van der Waals surface area contributed by atoms with Crippen LogP contribution in [0, 0.1) is 0 Å². The summed E-state index contributed by atoms with van der Waals surface area (Å²) in [6.07, 6.45) is 0.614. The third-order valence-electron chi connectivity index (χ3n) is 3.94. The molecule has 0 aromatic carbocycles. The van der Waals surface area contributed by atoms with Crippen LogP contribution >= 0.6 is 0 Å². The highest BCUT2D eigenvalue weighted by Gasteiger charge is 2.30. The molecule has 0 saturated carbocycles. The second-order valence-corrected chi connectivity index (χ2v) is 6.12. The van der Waals surface area contributed by atoms with E-state index in [0.29, 0.717) is 13.0 Å². The van der Waals surface area contributed by atoms with E-state index < -0.39 is 60.9 Å². The van der Waals surface area contributed by atoms with Crippen LogP contribution in [0.15, 0.2) is 0 Å². The van der Waals surface area contributed by atoms with Crippen molar-refractivity contribution >= 4 is 29.7 Å². The molecule has 7 N–H and O–H groups in total. The van der Waals surface area contributed by atoms with Gasteiger partial charge in [-0.2, -0.15) is 0 Å². The Morgan fingerprint density at radius 1 is 1.04 bits per heavy atom. The van der Waals surface area contributed by atoms with Gasteiger partial charge < -0.3 is 36.6 Å². The number of rotatable bonds is 10. The van der Waals surface area contributed by atoms with Gasteiger partial charge in [-0.1, -0.05) is 0 Å². The number of carbonyl (C=O) groups is 5. The maximum absolute atomic E-state index is 12.1. The molecule has 27 heavy (non-hydrogen) atoms. The fraction of sp³-hybridized carbons (Fsp3) is 0.667. The van der Waals surface area contributed by atoms with Gasteiger partial charge in [0.15, 0.2) is 0 Å². The Hall–Kier alpha value is -2.73. The lowest BCUT2D eigenvalue weighted by Crippen LogP contribution is -2.57. The normalized spacial score (nSPS) is 19.4. The predicted octanol–water partition coefficient (Wildman–Crippen LogP) is -3.24. The van der Waals surface area contributed by atoms with Crippen LogP contribution < -0.4 is 21.3 Å². The molecule has 0 aliphatic carbocycles. The molecular formula is C15H24N4O8. The van der Waals surface area contributed by atoms with Gasteiger partial charge >= 0.3 is 11.9 Å². The molecule has 1 heterocycles. The Balaban J connectivity index is 2.59. The summed E-state index contributed by atoms with van der Waals surface area (Å²) in [5.41, 5.74) is 0. The number of hydrogen-bond acceptors (Lipinski definition) is 7. The van der Waals surface area contributed by atoms with Gasteiger partial charge in [-0.3, -0.25) is 19.2 Å². The van der Waals surface area contributed by atoms with Gasteiger partial charge in [-0.15, -0.1) is 0 Å². The Morgan fingerprint density at radius 3 is 2.15 bits per heavy atom. The number of aliphatic hydroxyl groups excluding tert-OH is 1. The molecule has 1 aliphatic rings. The van der Waals surface area contributed by atoms with Crippen molar-refractivity contribution in [2.75, 3.05) is 13.2 Å². The van der Waals surface area contributed by atoms with E-state index in [4.69, 9.17) is 10.2 Å². The largest absolute Gasteiger partial charge is 0.481 e. The zero-order valence-electron chi connectivity index (χ0n) is 14.7. The van der Waals surface area contributed by atoms with E-state index in [-0.39, 0.29) is 5.91 Å². The van der Waals surface area contributed by atoms with Crippen molar-refractivity contribution in [3.63, 3.8) is 0 Å². The number of carboxylic acids is 2. The number of carboxylic acid groups (broad SMARTS) is 2. The summed E-state index contributed by atoms with van der Waals surface area (Å²) in [6, 6.07) is -4.62. The summed E-state index contributed by atoms with van der Waals surface area (Å²) in [6.45, 7) is 1.24. The van der Waals surface area contributed by atoms with Crippen molar-refractivity contribution in [2.24, 2.45) is 0 Å². The summed E-state index contributed by atoms with van der Waals surface area (Å²) < 4.78 is 0. The van der Waals surface area contributed by atoms with E-state index in [1.54, 1.807) is 0 Å². The van der Waals surface area contributed by atoms with Crippen LogP contribution in [0.3, 0.4) is 0 Å². The molecule has 1 fully saturated rings. The molecule has 12 heteroatoms. The number of aliphatic hydroxyl groups is 1. The quantitative estimate of drug-likeness (QED) is 0.201. The summed E-state index contributed by atoms with van der Waals surface area (Å²) in [7, 11) is 0. The average Bonchev–Trinajstić information content (AvgIpc) is 3.12. The van der Waals surface area contributed by atoms with E-state index >= 15 is 0 Å². The van der Waals surface area contributed by atoms with E-state index in [2.05, 4.69) is 16.0 Å². The van der Waals surface area contributed by atoms with Crippen molar-refractivity contribution < 1.29 is 39.3 Å². The molecule has 4 unspecified atom stereocenters. The number of aliphatic carboxylic acids is 2. The van der Waals surface area contributed by atoms with Crippen molar-refractivity contribution in [3.8, 4) is 0 Å². The van der Waals surface area contributed by atoms with Crippen LogP contribution in [0.1, 0.15) is 26.2 Å². The molecule has 152 valence electrons. The van der Waals surface area contributed by atoms with Crippen LogP contribution in [0.25, 0.3) is 0 Å². The fourth-order valence-corrected chi connectivity index (χ4v) is 2.43. The van der Waals surface area contributed by atoms with Crippen molar-refractivity contribution in [3.05, 3.63) is 0 Å². The summed E-state index contributed by atoms with van der Waals surface area (Å²) in [5.74, 6) is -5.20. The highest BCUT2D eigenvalue weighted by Crippen LogP contribution is 2.05. The topological polar surface area (TPSA) is 194 Å². The number of nitrogens with one attached hydrogen (secondary N) is 4. The molecule has 1 rings (SSSR count). The van der Waals surface area contributed by atoms with Crippen LogP contribution in [-0.2, 0) is 24.0 Å². The first kappa shape index (κ1) is 22.3. The molecule has 4 atom stereocenters. The summed E-state index contributed by atoms with van der Waals surface area (Å²) in [4.78, 5) is 57.7. The smallest absolute Gasteiger partial charge is 0.326 e. The monoisotopic (exact) mass is 388 g/mol. The number of amides is 3. The SMILES string of the molecule is CC(NC(=O)C1CCCN1)C(=O)NC(CO)C(=O)NC(CC(=O)O)C(=O)O. The Labute approximate surface area is 154 Å². The molecule has 0 aromatic rings. The lowest BCUT2D eigenvalue weighted by atomic mass is 10.1. The Bertz CT molecular complexity index is 590. The maximum Gasteiger partial charge on any atom is 0.326 e. The lowest BCUT2D eigenvalue weighted by Gasteiger charge is -2.22. The minimum atomic E-state index is -1.72. The van der Waals surface area contributed by atoms with Crippen LogP contribution in [0.4, 0.5) is 0 Å². The number of carbonyl (C=O) groups excluding carboxylic acids is 3. The van der Waals surface area contributed by atoms with E-state index in [1.165, 1.54) is 6.92 Å². The Kier molecular flexibility index (Phi) is 8.62. The maximum atomic E-state index is 12.1. The summed E-state index contributed by atoms with van der Waals surface area (Å²) >= 11 is 0. The first-order chi connectivity index (χ1) is 12.6. The van der Waals surface area contributed by atoms with E-state index in [1.807, 2.05) is 5.32 Å². The van der Waals surface area contributed by atoms with Gasteiger partial charge in [-0.25, -0.2) is 4.79 Å². The molecule has 12 nitrogen and oxygen atoms in total. The molecular weight excluding hydrogens is 364 g/mol. The van der Waals surface area contributed by atoms with Crippen LogP contribution in [0.5, 0.6) is 0 Å². The second-order valence-electron chi connectivity index (χ2n) is 6.12. The van der Waals surface area contributed by atoms with E-state index in [9.17, 15) is 29.1 Å². The minimum Gasteiger partial charge on any atom is -0.481 e. The van der Waals surface area contributed by atoms with Crippen LogP contribution in [0.2, 0.25) is 0 Å². The predicted molar refractivity (Wildman–Crippen MR) is 89.5 cm³/mol. The molecule has 0 bridgehead atoms. The highest BCUT2D eigenvalue weighted by molar-refractivity contribution is 5.94. The van der Waals surface area contributed by atoms with Gasteiger partial charge in [0.2, 0.25) is 17.7 Å². The van der Waals surface area contributed by atoms with Crippen molar-refractivity contribution in [1.82, 2.24) is 21.3 Å². The van der Waals surface area contributed by atoms with E-state index in [0.717, 1.165) is 6.42 Å². The van der Waals surface area contributed by atoms with Gasteiger partial charge in [0.05, 0.1) is 19.1 Å². The van der Waals surface area contributed by atoms with Gasteiger partial charge in [0.1, 0.15) is 18.1 Å². The van der Waals surface area contributed by atoms with Crippen molar-refractivity contribution in [1.29, 1.82) is 0 Å².